The van der Waals surface area contributed by atoms with Crippen LogP contribution in [0.3, 0.4) is 0 Å². The quantitative estimate of drug-likeness (QED) is 0.294. The van der Waals surface area contributed by atoms with Gasteiger partial charge in [0.05, 0.1) is 26.2 Å². The third-order valence-corrected chi connectivity index (χ3v) is 7.23. The van der Waals surface area contributed by atoms with Crippen molar-refractivity contribution in [2.75, 3.05) is 4.72 Å². The second kappa shape index (κ2) is 8.27. The molecule has 0 bridgehead atoms. The lowest BCUT2D eigenvalue weighted by Crippen LogP contribution is -2.17. The molecule has 4 nitrogen and oxygen atoms in total. The number of rotatable bonds is 4. The van der Waals surface area contributed by atoms with Gasteiger partial charge in [-0.2, -0.15) is 26.3 Å². The predicted octanol–water partition coefficient (Wildman–Crippen LogP) is 7.11. The summed E-state index contributed by atoms with van der Waals surface area (Å²) in [4.78, 5) is 3.36. The molecule has 1 N–H and O–H groups in total. The SMILES string of the molecule is Cc1ccc2nc(-c3ccc(NS(=O)(=O)c4cc(C(F)(F)F)cc(C(F)(F)F)c4)cc3)sc2c1. The van der Waals surface area contributed by atoms with E-state index in [0.717, 1.165) is 15.8 Å². The molecule has 0 aliphatic rings. The Morgan fingerprint density at radius 3 is 1.97 bits per heavy atom. The van der Waals surface area contributed by atoms with E-state index < -0.39 is 38.4 Å². The van der Waals surface area contributed by atoms with Gasteiger partial charge in [-0.25, -0.2) is 13.4 Å². The second-order valence-corrected chi connectivity index (χ2v) is 10.1. The Bertz CT molecular complexity index is 1440. The largest absolute Gasteiger partial charge is 0.416 e. The lowest BCUT2D eigenvalue weighted by atomic mass is 10.1. The van der Waals surface area contributed by atoms with Crippen LogP contribution < -0.4 is 4.72 Å². The number of nitrogens with zero attached hydrogens (tertiary/aromatic N) is 1. The van der Waals surface area contributed by atoms with Gasteiger partial charge in [-0.3, -0.25) is 4.72 Å². The highest BCUT2D eigenvalue weighted by Gasteiger charge is 2.38. The number of aryl methyl sites for hydroxylation is 1. The van der Waals surface area contributed by atoms with Crippen LogP contribution in [0.2, 0.25) is 0 Å². The van der Waals surface area contributed by atoms with E-state index in [0.29, 0.717) is 10.6 Å². The van der Waals surface area contributed by atoms with Crippen molar-refractivity contribution in [2.45, 2.75) is 24.2 Å². The average Bonchev–Trinajstić information content (AvgIpc) is 3.15. The first-order valence-corrected chi connectivity index (χ1v) is 11.8. The summed E-state index contributed by atoms with van der Waals surface area (Å²) in [7, 11) is -4.74. The van der Waals surface area contributed by atoms with E-state index in [1.807, 2.05) is 29.8 Å². The number of aromatic nitrogens is 1. The number of nitrogens with one attached hydrogen (secondary N) is 1. The maximum absolute atomic E-state index is 13.1. The van der Waals surface area contributed by atoms with Crippen molar-refractivity contribution in [3.63, 3.8) is 0 Å². The molecule has 4 aromatic rings. The van der Waals surface area contributed by atoms with Crippen molar-refractivity contribution in [1.29, 1.82) is 0 Å². The monoisotopic (exact) mass is 516 g/mol. The van der Waals surface area contributed by atoms with Gasteiger partial charge in [0.2, 0.25) is 0 Å². The average molecular weight is 516 g/mol. The smallest absolute Gasteiger partial charge is 0.280 e. The standard InChI is InChI=1S/C22H14F6N2O2S2/c1-12-2-7-18-19(8-12)33-20(29-18)13-3-5-16(6-4-13)30-34(31,32)17-10-14(21(23,24)25)9-15(11-17)22(26,27)28/h2-11,30H,1H3. The first kappa shape index (κ1) is 24.0. The number of alkyl halides is 6. The molecule has 0 radical (unpaired) electrons. The number of hydrogen-bond donors (Lipinski definition) is 1. The van der Waals surface area contributed by atoms with Gasteiger partial charge in [-0.05, 0) is 67.1 Å². The molecule has 1 heterocycles. The topological polar surface area (TPSA) is 59.1 Å². The van der Waals surface area contributed by atoms with Crippen molar-refractivity contribution in [2.24, 2.45) is 0 Å². The summed E-state index contributed by atoms with van der Waals surface area (Å²) in [6.45, 7) is 1.95. The van der Waals surface area contributed by atoms with E-state index in [9.17, 15) is 34.8 Å². The normalized spacial score (nSPS) is 12.8. The highest BCUT2D eigenvalue weighted by Crippen LogP contribution is 2.38. The maximum atomic E-state index is 13.1. The number of halogens is 6. The molecule has 0 aliphatic heterocycles. The van der Waals surface area contributed by atoms with E-state index >= 15 is 0 Å². The number of anilines is 1. The van der Waals surface area contributed by atoms with Crippen LogP contribution in [0.15, 0.2) is 65.6 Å². The third kappa shape index (κ3) is 5.02. The Morgan fingerprint density at radius 1 is 0.824 bits per heavy atom. The van der Waals surface area contributed by atoms with Crippen molar-refractivity contribution in [3.05, 3.63) is 77.4 Å². The van der Waals surface area contributed by atoms with E-state index in [4.69, 9.17) is 0 Å². The first-order chi connectivity index (χ1) is 15.7. The van der Waals surface area contributed by atoms with Crippen molar-refractivity contribution in [1.82, 2.24) is 4.98 Å². The summed E-state index contributed by atoms with van der Waals surface area (Å²) in [6, 6.07) is 11.8. The molecule has 0 fully saturated rings. The van der Waals surface area contributed by atoms with E-state index in [1.165, 1.54) is 23.5 Å². The number of hydrogen-bond acceptors (Lipinski definition) is 4. The fraction of sp³-hybridized carbons (Fsp3) is 0.136. The molecule has 0 aliphatic carbocycles. The molecule has 4 rings (SSSR count). The molecule has 12 heteroatoms. The van der Waals surface area contributed by atoms with Crippen LogP contribution in [0.5, 0.6) is 0 Å². The fourth-order valence-electron chi connectivity index (χ4n) is 3.13. The molecule has 0 saturated heterocycles. The van der Waals surface area contributed by atoms with Gasteiger partial charge in [-0.15, -0.1) is 11.3 Å². The van der Waals surface area contributed by atoms with Gasteiger partial charge in [0, 0.05) is 11.3 Å². The number of sulfonamides is 1. The minimum Gasteiger partial charge on any atom is -0.280 e. The molecule has 0 atom stereocenters. The number of benzene rings is 3. The first-order valence-electron chi connectivity index (χ1n) is 9.52. The Balaban J connectivity index is 1.64. The lowest BCUT2D eigenvalue weighted by molar-refractivity contribution is -0.143. The number of thiazole rings is 1. The van der Waals surface area contributed by atoms with E-state index in [1.54, 1.807) is 12.1 Å². The Hall–Kier alpha value is -3.12. The fourth-order valence-corrected chi connectivity index (χ4v) is 5.33. The number of fused-ring (bicyclic) bond motifs is 1. The van der Waals surface area contributed by atoms with Gasteiger partial charge in [0.1, 0.15) is 5.01 Å². The van der Waals surface area contributed by atoms with Crippen LogP contribution >= 0.6 is 11.3 Å². The van der Waals surface area contributed by atoms with Crippen LogP contribution in [-0.4, -0.2) is 13.4 Å². The Labute approximate surface area is 193 Å². The van der Waals surface area contributed by atoms with Gasteiger partial charge < -0.3 is 0 Å². The van der Waals surface area contributed by atoms with Gasteiger partial charge in [-0.1, -0.05) is 6.07 Å². The molecule has 0 spiro atoms. The van der Waals surface area contributed by atoms with Crippen LogP contribution in [0.25, 0.3) is 20.8 Å². The van der Waals surface area contributed by atoms with Crippen molar-refractivity contribution >= 4 is 37.3 Å². The van der Waals surface area contributed by atoms with Gasteiger partial charge in [0.15, 0.2) is 0 Å². The summed E-state index contributed by atoms with van der Waals surface area (Å²) in [5.74, 6) is 0. The van der Waals surface area contributed by atoms with Gasteiger partial charge in [0.25, 0.3) is 10.0 Å². The van der Waals surface area contributed by atoms with Crippen LogP contribution in [-0.2, 0) is 22.4 Å². The Kier molecular flexibility index (Phi) is 5.85. The van der Waals surface area contributed by atoms with Crippen LogP contribution in [0, 0.1) is 6.92 Å². The predicted molar refractivity (Wildman–Crippen MR) is 117 cm³/mol. The summed E-state index contributed by atoms with van der Waals surface area (Å²) in [6.07, 6.45) is -10.3. The lowest BCUT2D eigenvalue weighted by Gasteiger charge is -2.15. The maximum Gasteiger partial charge on any atom is 0.416 e. The van der Waals surface area contributed by atoms with Gasteiger partial charge >= 0.3 is 12.4 Å². The molecular formula is C22H14F6N2O2S2. The minimum atomic E-state index is -5.16. The molecule has 178 valence electrons. The highest BCUT2D eigenvalue weighted by atomic mass is 32.2. The molecule has 1 aromatic heterocycles. The molecule has 3 aromatic carbocycles. The summed E-state index contributed by atoms with van der Waals surface area (Å²) in [5, 5.41) is 0.669. The van der Waals surface area contributed by atoms with Crippen LogP contribution in [0.4, 0.5) is 32.0 Å². The van der Waals surface area contributed by atoms with E-state index in [-0.39, 0.29) is 23.9 Å². The summed E-state index contributed by atoms with van der Waals surface area (Å²) < 4.78 is 107. The summed E-state index contributed by atoms with van der Waals surface area (Å²) >= 11 is 1.43. The van der Waals surface area contributed by atoms with Crippen LogP contribution in [0.1, 0.15) is 16.7 Å². The molecular weight excluding hydrogens is 502 g/mol. The zero-order valence-electron chi connectivity index (χ0n) is 17.1. The molecule has 0 amide bonds. The zero-order chi connectivity index (χ0) is 24.9. The van der Waals surface area contributed by atoms with Crippen molar-refractivity contribution < 1.29 is 34.8 Å². The Morgan fingerprint density at radius 2 is 1.41 bits per heavy atom. The second-order valence-electron chi connectivity index (χ2n) is 7.41. The van der Waals surface area contributed by atoms with E-state index in [2.05, 4.69) is 4.98 Å². The molecule has 0 saturated carbocycles. The minimum absolute atomic E-state index is 0.0355. The third-order valence-electron chi connectivity index (χ3n) is 4.80. The molecule has 34 heavy (non-hydrogen) atoms. The zero-order valence-corrected chi connectivity index (χ0v) is 18.8. The highest BCUT2D eigenvalue weighted by molar-refractivity contribution is 7.92. The van der Waals surface area contributed by atoms with Crippen molar-refractivity contribution in [3.8, 4) is 10.6 Å². The summed E-state index contributed by atoms with van der Waals surface area (Å²) in [5.41, 5.74) is -0.948. The molecule has 0 unspecified atom stereocenters.